The van der Waals surface area contributed by atoms with Crippen molar-refractivity contribution in [3.63, 3.8) is 0 Å². The van der Waals surface area contributed by atoms with Crippen LogP contribution in [0.25, 0.3) is 6.08 Å². The smallest absolute Gasteiger partial charge is 0.0413 e. The standard InChI is InChI=1S/C26H38ClN/c1-9-12-22(14-13-20(4)27)25(5,6)17-18-26(7,8)23-15-16-24(28-11-3)21(10-2)19-23/h10,12-16,19,28H,2,4,9,11,17-18H2,1,3,5-8H3/b14-13-,22-12+. The molecule has 2 heteroatoms. The molecule has 0 fully saturated rings. The predicted molar refractivity (Wildman–Crippen MR) is 129 cm³/mol. The number of anilines is 1. The fourth-order valence-electron chi connectivity index (χ4n) is 3.39. The van der Waals surface area contributed by atoms with E-state index in [1.807, 2.05) is 12.2 Å². The number of halogens is 1. The van der Waals surface area contributed by atoms with Gasteiger partial charge in [-0.15, -0.1) is 0 Å². The second-order valence-electron chi connectivity index (χ2n) is 8.65. The molecule has 0 unspecified atom stereocenters. The van der Waals surface area contributed by atoms with Gasteiger partial charge in [-0.05, 0) is 71.9 Å². The van der Waals surface area contributed by atoms with Crippen molar-refractivity contribution >= 4 is 23.4 Å². The average molecular weight is 400 g/mol. The lowest BCUT2D eigenvalue weighted by Crippen LogP contribution is -2.23. The number of nitrogens with one attached hydrogen (secondary N) is 1. The highest BCUT2D eigenvalue weighted by Crippen LogP contribution is 2.39. The molecule has 0 amide bonds. The zero-order valence-corrected chi connectivity index (χ0v) is 19.4. The Labute approximate surface area is 178 Å². The molecule has 0 aliphatic carbocycles. The van der Waals surface area contributed by atoms with Gasteiger partial charge in [-0.25, -0.2) is 0 Å². The molecule has 0 radical (unpaired) electrons. The van der Waals surface area contributed by atoms with Crippen LogP contribution in [0.3, 0.4) is 0 Å². The maximum absolute atomic E-state index is 5.94. The normalized spacial score (nSPS) is 13.0. The molecule has 154 valence electrons. The van der Waals surface area contributed by atoms with E-state index in [1.165, 1.54) is 16.7 Å². The van der Waals surface area contributed by atoms with Crippen LogP contribution < -0.4 is 5.32 Å². The van der Waals surface area contributed by atoms with E-state index in [0.717, 1.165) is 31.5 Å². The van der Waals surface area contributed by atoms with Gasteiger partial charge in [-0.3, -0.25) is 0 Å². The third kappa shape index (κ3) is 7.02. The first-order valence-corrected chi connectivity index (χ1v) is 10.7. The predicted octanol–water partition coefficient (Wildman–Crippen LogP) is 8.49. The van der Waals surface area contributed by atoms with Crippen LogP contribution in [0.4, 0.5) is 5.69 Å². The first kappa shape index (κ1) is 24.3. The van der Waals surface area contributed by atoms with Crippen LogP contribution in [0.5, 0.6) is 0 Å². The molecule has 1 aromatic rings. The molecule has 1 rings (SSSR count). The van der Waals surface area contributed by atoms with E-state index < -0.39 is 0 Å². The fourth-order valence-corrected chi connectivity index (χ4v) is 3.45. The van der Waals surface area contributed by atoms with Crippen molar-refractivity contribution in [3.05, 3.63) is 71.3 Å². The summed E-state index contributed by atoms with van der Waals surface area (Å²) in [6.45, 7) is 22.2. The third-order valence-electron chi connectivity index (χ3n) is 5.44. The van der Waals surface area contributed by atoms with E-state index in [1.54, 1.807) is 0 Å². The van der Waals surface area contributed by atoms with Crippen LogP contribution in [0.2, 0.25) is 0 Å². The minimum Gasteiger partial charge on any atom is -0.385 e. The first-order valence-electron chi connectivity index (χ1n) is 10.3. The van der Waals surface area contributed by atoms with Crippen molar-refractivity contribution in [2.24, 2.45) is 5.41 Å². The quantitative estimate of drug-likeness (QED) is 0.367. The van der Waals surface area contributed by atoms with Gasteiger partial charge in [-0.1, -0.05) is 83.7 Å². The van der Waals surface area contributed by atoms with Crippen molar-refractivity contribution in [2.75, 3.05) is 11.9 Å². The Balaban J connectivity index is 3.03. The van der Waals surface area contributed by atoms with E-state index in [9.17, 15) is 0 Å². The molecule has 0 saturated carbocycles. The van der Waals surface area contributed by atoms with Gasteiger partial charge in [0.1, 0.15) is 0 Å². The van der Waals surface area contributed by atoms with Crippen LogP contribution in [-0.4, -0.2) is 6.54 Å². The van der Waals surface area contributed by atoms with Crippen molar-refractivity contribution in [1.29, 1.82) is 0 Å². The van der Waals surface area contributed by atoms with E-state index in [2.05, 4.69) is 90.4 Å². The lowest BCUT2D eigenvalue weighted by Gasteiger charge is -2.33. The second-order valence-corrected chi connectivity index (χ2v) is 9.14. The summed E-state index contributed by atoms with van der Waals surface area (Å²) >= 11 is 5.94. The van der Waals surface area contributed by atoms with Crippen LogP contribution in [0, 0.1) is 5.41 Å². The topological polar surface area (TPSA) is 12.0 Å². The summed E-state index contributed by atoms with van der Waals surface area (Å²) in [7, 11) is 0. The van der Waals surface area contributed by atoms with E-state index in [4.69, 9.17) is 11.6 Å². The summed E-state index contributed by atoms with van der Waals surface area (Å²) in [6, 6.07) is 6.70. The maximum atomic E-state index is 5.94. The Morgan fingerprint density at radius 1 is 1.11 bits per heavy atom. The largest absolute Gasteiger partial charge is 0.385 e. The summed E-state index contributed by atoms with van der Waals surface area (Å²) in [6.07, 6.45) is 11.4. The number of hydrogen-bond donors (Lipinski definition) is 1. The second kappa shape index (κ2) is 10.7. The third-order valence-corrected chi connectivity index (χ3v) is 5.57. The summed E-state index contributed by atoms with van der Waals surface area (Å²) in [5, 5.41) is 3.98. The fraction of sp³-hybridized carbons (Fsp3) is 0.462. The van der Waals surface area contributed by atoms with E-state index in [0.29, 0.717) is 5.03 Å². The Kier molecular flexibility index (Phi) is 9.30. The lowest BCUT2D eigenvalue weighted by molar-refractivity contribution is 0.339. The highest BCUT2D eigenvalue weighted by molar-refractivity contribution is 6.30. The van der Waals surface area contributed by atoms with Gasteiger partial charge in [0.2, 0.25) is 0 Å². The van der Waals surface area contributed by atoms with Gasteiger partial charge in [0.05, 0.1) is 0 Å². The number of benzene rings is 1. The minimum atomic E-state index is 0.0705. The first-order chi connectivity index (χ1) is 13.1. The number of hydrogen-bond acceptors (Lipinski definition) is 1. The van der Waals surface area contributed by atoms with Gasteiger partial charge in [-0.2, -0.15) is 0 Å². The van der Waals surface area contributed by atoms with Gasteiger partial charge in [0.15, 0.2) is 0 Å². The van der Waals surface area contributed by atoms with Crippen LogP contribution in [-0.2, 0) is 5.41 Å². The molecule has 0 aliphatic heterocycles. The zero-order chi connectivity index (χ0) is 21.4. The number of allylic oxidation sites excluding steroid dienone is 5. The molecule has 0 aromatic heterocycles. The molecular formula is C26H38ClN. The van der Waals surface area contributed by atoms with Crippen molar-refractivity contribution in [3.8, 4) is 0 Å². The molecule has 0 spiro atoms. The van der Waals surface area contributed by atoms with Crippen LogP contribution in [0.15, 0.2) is 60.2 Å². The monoisotopic (exact) mass is 399 g/mol. The Morgan fingerprint density at radius 2 is 1.79 bits per heavy atom. The minimum absolute atomic E-state index is 0.0705. The maximum Gasteiger partial charge on any atom is 0.0413 e. The van der Waals surface area contributed by atoms with Gasteiger partial charge in [0, 0.05) is 17.3 Å². The number of rotatable bonds is 11. The molecule has 1 aromatic carbocycles. The van der Waals surface area contributed by atoms with Gasteiger partial charge >= 0.3 is 0 Å². The Morgan fingerprint density at radius 3 is 2.32 bits per heavy atom. The molecule has 0 heterocycles. The van der Waals surface area contributed by atoms with Crippen molar-refractivity contribution in [1.82, 2.24) is 0 Å². The molecule has 0 bridgehead atoms. The molecule has 0 atom stereocenters. The molecule has 0 saturated heterocycles. The average Bonchev–Trinajstić information content (AvgIpc) is 2.63. The van der Waals surface area contributed by atoms with Crippen molar-refractivity contribution < 1.29 is 0 Å². The summed E-state index contributed by atoms with van der Waals surface area (Å²) < 4.78 is 0. The van der Waals surface area contributed by atoms with E-state index in [-0.39, 0.29) is 10.8 Å². The van der Waals surface area contributed by atoms with Gasteiger partial charge in [0.25, 0.3) is 0 Å². The van der Waals surface area contributed by atoms with E-state index >= 15 is 0 Å². The van der Waals surface area contributed by atoms with Crippen molar-refractivity contribution in [2.45, 2.75) is 66.2 Å². The molecule has 28 heavy (non-hydrogen) atoms. The SMILES string of the molecule is C=Cc1cc(C(C)(C)CCC(C)(C)C(/C=C\C(=C)Cl)=C/CC)ccc1NCC. The highest BCUT2D eigenvalue weighted by Gasteiger charge is 2.28. The zero-order valence-electron chi connectivity index (χ0n) is 18.7. The van der Waals surface area contributed by atoms with Crippen LogP contribution in [0.1, 0.15) is 71.9 Å². The Hall–Kier alpha value is -1.73. The molecule has 1 N–H and O–H groups in total. The molecule has 1 nitrogen and oxygen atoms in total. The Bertz CT molecular complexity index is 735. The molecule has 0 aliphatic rings. The van der Waals surface area contributed by atoms with Gasteiger partial charge < -0.3 is 5.32 Å². The summed E-state index contributed by atoms with van der Waals surface area (Å²) in [4.78, 5) is 0. The van der Waals surface area contributed by atoms with Crippen LogP contribution >= 0.6 is 11.6 Å². The molecular weight excluding hydrogens is 362 g/mol. The lowest BCUT2D eigenvalue weighted by atomic mass is 9.72. The summed E-state index contributed by atoms with van der Waals surface area (Å²) in [5.41, 5.74) is 5.14. The summed E-state index contributed by atoms with van der Waals surface area (Å²) in [5.74, 6) is 0. The highest BCUT2D eigenvalue weighted by atomic mass is 35.5.